The predicted molar refractivity (Wildman–Crippen MR) is 64.9 cm³/mol. The molecule has 94 valence electrons. The van der Waals surface area contributed by atoms with E-state index in [0.29, 0.717) is 18.8 Å². The fourth-order valence-electron chi connectivity index (χ4n) is 2.22. The molecule has 2 rings (SSSR count). The highest BCUT2D eigenvalue weighted by Crippen LogP contribution is 2.16. The molecule has 17 heavy (non-hydrogen) atoms. The van der Waals surface area contributed by atoms with Crippen LogP contribution in [-0.4, -0.2) is 28.8 Å². The predicted octanol–water partition coefficient (Wildman–Crippen LogP) is 1.61. The van der Waals surface area contributed by atoms with E-state index < -0.39 is 0 Å². The Bertz CT molecular complexity index is 392. The van der Waals surface area contributed by atoms with Crippen LogP contribution in [0.1, 0.15) is 31.7 Å². The molecule has 0 bridgehead atoms. The van der Waals surface area contributed by atoms with Crippen molar-refractivity contribution < 1.29 is 9.53 Å². The minimum Gasteiger partial charge on any atom is -0.381 e. The van der Waals surface area contributed by atoms with E-state index >= 15 is 0 Å². The second kappa shape index (κ2) is 5.45. The van der Waals surface area contributed by atoms with Crippen molar-refractivity contribution in [2.75, 3.05) is 13.2 Å². The Kier molecular flexibility index (Phi) is 3.94. The lowest BCUT2D eigenvalue weighted by molar-refractivity contribution is -0.122. The molecule has 1 saturated heterocycles. The third kappa shape index (κ3) is 2.75. The van der Waals surface area contributed by atoms with Gasteiger partial charge in [0.25, 0.3) is 0 Å². The third-order valence-electron chi connectivity index (χ3n) is 3.32. The first-order valence-electron chi connectivity index (χ1n) is 6.40. The molecule has 0 spiro atoms. The van der Waals surface area contributed by atoms with Crippen LogP contribution in [0, 0.1) is 5.92 Å². The largest absolute Gasteiger partial charge is 0.381 e. The number of ether oxygens (including phenoxy) is 1. The van der Waals surface area contributed by atoms with E-state index in [2.05, 4.69) is 25.0 Å². The van der Waals surface area contributed by atoms with E-state index in [-0.39, 0.29) is 5.92 Å². The number of rotatable bonds is 5. The van der Waals surface area contributed by atoms with E-state index in [1.54, 1.807) is 0 Å². The smallest absolute Gasteiger partial charge is 0.144 e. The van der Waals surface area contributed by atoms with Gasteiger partial charge in [0.2, 0.25) is 0 Å². The molecule has 0 amide bonds. The zero-order chi connectivity index (χ0) is 12.3. The molecule has 0 radical (unpaired) electrons. The van der Waals surface area contributed by atoms with Crippen molar-refractivity contribution in [1.29, 1.82) is 0 Å². The second-order valence-corrected chi connectivity index (χ2v) is 4.50. The molecule has 1 unspecified atom stereocenters. The third-order valence-corrected chi connectivity index (χ3v) is 3.32. The highest BCUT2D eigenvalue weighted by atomic mass is 16.5. The molecule has 1 fully saturated rings. The SMILES string of the molecule is CCc1cc(CC(=O)C2CCOC2)n(CC)n1. The summed E-state index contributed by atoms with van der Waals surface area (Å²) in [6, 6.07) is 2.05. The highest BCUT2D eigenvalue weighted by molar-refractivity contribution is 5.83. The number of ketones is 1. The zero-order valence-corrected chi connectivity index (χ0v) is 10.6. The van der Waals surface area contributed by atoms with Crippen molar-refractivity contribution in [3.8, 4) is 0 Å². The Labute approximate surface area is 102 Å². The highest BCUT2D eigenvalue weighted by Gasteiger charge is 2.24. The maximum absolute atomic E-state index is 12.1. The van der Waals surface area contributed by atoms with Crippen LogP contribution in [0.15, 0.2) is 6.07 Å². The first-order valence-corrected chi connectivity index (χ1v) is 6.40. The van der Waals surface area contributed by atoms with Crippen LogP contribution in [0.5, 0.6) is 0 Å². The second-order valence-electron chi connectivity index (χ2n) is 4.50. The summed E-state index contributed by atoms with van der Waals surface area (Å²) in [7, 11) is 0. The number of carbonyl (C=O) groups excluding carboxylic acids is 1. The topological polar surface area (TPSA) is 44.1 Å². The Morgan fingerprint density at radius 3 is 3.00 bits per heavy atom. The van der Waals surface area contributed by atoms with Gasteiger partial charge in [0.05, 0.1) is 12.3 Å². The van der Waals surface area contributed by atoms with Gasteiger partial charge in [0, 0.05) is 31.2 Å². The van der Waals surface area contributed by atoms with Gasteiger partial charge in [0.1, 0.15) is 5.78 Å². The van der Waals surface area contributed by atoms with E-state index in [4.69, 9.17) is 4.74 Å². The number of carbonyl (C=O) groups is 1. The molecule has 4 nitrogen and oxygen atoms in total. The molecule has 1 aliphatic heterocycles. The molecule has 1 aromatic rings. The molecule has 0 saturated carbocycles. The molecule has 0 aliphatic carbocycles. The van der Waals surface area contributed by atoms with Crippen molar-refractivity contribution in [1.82, 2.24) is 9.78 Å². The summed E-state index contributed by atoms with van der Waals surface area (Å²) in [5, 5.41) is 4.46. The number of hydrogen-bond donors (Lipinski definition) is 0. The van der Waals surface area contributed by atoms with Crippen LogP contribution in [-0.2, 0) is 28.9 Å². The van der Waals surface area contributed by atoms with Crippen LogP contribution >= 0.6 is 0 Å². The number of aromatic nitrogens is 2. The maximum Gasteiger partial charge on any atom is 0.144 e. The molecule has 2 heterocycles. The molecule has 1 aromatic heterocycles. The van der Waals surface area contributed by atoms with E-state index in [0.717, 1.165) is 37.4 Å². The number of nitrogens with zero attached hydrogens (tertiary/aromatic N) is 2. The number of aryl methyl sites for hydroxylation is 2. The summed E-state index contributed by atoms with van der Waals surface area (Å²) in [6.45, 7) is 6.28. The number of hydrogen-bond acceptors (Lipinski definition) is 3. The summed E-state index contributed by atoms with van der Waals surface area (Å²) in [5.74, 6) is 0.389. The van der Waals surface area contributed by atoms with Crippen molar-refractivity contribution in [2.45, 2.75) is 39.7 Å². The normalized spacial score (nSPS) is 19.8. The first-order chi connectivity index (χ1) is 8.24. The van der Waals surface area contributed by atoms with Crippen molar-refractivity contribution in [3.05, 3.63) is 17.5 Å². The molecule has 1 atom stereocenters. The summed E-state index contributed by atoms with van der Waals surface area (Å²) in [6.07, 6.45) is 2.29. The standard InChI is InChI=1S/C13H20N2O2/c1-3-11-7-12(15(4-2)14-11)8-13(16)10-5-6-17-9-10/h7,10H,3-6,8-9H2,1-2H3. The van der Waals surface area contributed by atoms with Gasteiger partial charge < -0.3 is 4.74 Å². The summed E-state index contributed by atoms with van der Waals surface area (Å²) in [4.78, 5) is 12.1. The van der Waals surface area contributed by atoms with Gasteiger partial charge in [-0.3, -0.25) is 9.48 Å². The fourth-order valence-corrected chi connectivity index (χ4v) is 2.22. The van der Waals surface area contributed by atoms with Crippen molar-refractivity contribution in [2.24, 2.45) is 5.92 Å². The summed E-state index contributed by atoms with van der Waals surface area (Å²) >= 11 is 0. The lowest BCUT2D eigenvalue weighted by Gasteiger charge is -2.07. The molecule has 0 aromatic carbocycles. The summed E-state index contributed by atoms with van der Waals surface area (Å²) < 4.78 is 7.19. The van der Waals surface area contributed by atoms with Gasteiger partial charge in [0.15, 0.2) is 0 Å². The Morgan fingerprint density at radius 2 is 2.41 bits per heavy atom. The van der Waals surface area contributed by atoms with Crippen LogP contribution in [0.2, 0.25) is 0 Å². The zero-order valence-electron chi connectivity index (χ0n) is 10.6. The van der Waals surface area contributed by atoms with Crippen LogP contribution < -0.4 is 0 Å². The molecule has 4 heteroatoms. The van der Waals surface area contributed by atoms with Gasteiger partial charge in [-0.25, -0.2) is 0 Å². The lowest BCUT2D eigenvalue weighted by Crippen LogP contribution is -2.18. The van der Waals surface area contributed by atoms with Gasteiger partial charge >= 0.3 is 0 Å². The summed E-state index contributed by atoms with van der Waals surface area (Å²) in [5.41, 5.74) is 2.11. The van der Waals surface area contributed by atoms with Gasteiger partial charge in [-0.2, -0.15) is 5.10 Å². The maximum atomic E-state index is 12.1. The average molecular weight is 236 g/mol. The van der Waals surface area contributed by atoms with Gasteiger partial charge in [-0.15, -0.1) is 0 Å². The quantitative estimate of drug-likeness (QED) is 0.780. The minimum atomic E-state index is 0.0975. The molecular weight excluding hydrogens is 216 g/mol. The van der Waals surface area contributed by atoms with Gasteiger partial charge in [-0.1, -0.05) is 6.92 Å². The average Bonchev–Trinajstić information content (AvgIpc) is 2.97. The van der Waals surface area contributed by atoms with Gasteiger partial charge in [-0.05, 0) is 25.8 Å². The van der Waals surface area contributed by atoms with Crippen LogP contribution in [0.4, 0.5) is 0 Å². The Balaban J connectivity index is 2.06. The minimum absolute atomic E-state index is 0.0975. The Hall–Kier alpha value is -1.16. The monoisotopic (exact) mass is 236 g/mol. The number of Topliss-reactive ketones (excluding diaryl/α,β-unsaturated/α-hetero) is 1. The first kappa shape index (κ1) is 12.3. The van der Waals surface area contributed by atoms with E-state index in [9.17, 15) is 4.79 Å². The molecule has 0 N–H and O–H groups in total. The van der Waals surface area contributed by atoms with Crippen molar-refractivity contribution >= 4 is 5.78 Å². The Morgan fingerprint density at radius 1 is 1.59 bits per heavy atom. The van der Waals surface area contributed by atoms with E-state index in [1.165, 1.54) is 0 Å². The van der Waals surface area contributed by atoms with Crippen LogP contribution in [0.25, 0.3) is 0 Å². The lowest BCUT2D eigenvalue weighted by atomic mass is 9.99. The molecular formula is C13H20N2O2. The van der Waals surface area contributed by atoms with Crippen LogP contribution in [0.3, 0.4) is 0 Å². The van der Waals surface area contributed by atoms with E-state index in [1.807, 2.05) is 4.68 Å². The molecule has 1 aliphatic rings. The van der Waals surface area contributed by atoms with Crippen molar-refractivity contribution in [3.63, 3.8) is 0 Å². The fraction of sp³-hybridized carbons (Fsp3) is 0.692.